The number of likely N-dealkylation sites (N-methyl/N-ethyl adjacent to an activating group) is 1. The smallest absolute Gasteiger partial charge is 0.119 e. The van der Waals surface area contributed by atoms with Gasteiger partial charge >= 0.3 is 0 Å². The van der Waals surface area contributed by atoms with Crippen LogP contribution < -0.4 is 4.74 Å². The maximum Gasteiger partial charge on any atom is 0.119 e. The molecule has 1 heterocycles. The van der Waals surface area contributed by atoms with Crippen molar-refractivity contribution in [3.05, 3.63) is 29.3 Å². The lowest BCUT2D eigenvalue weighted by atomic mass is 9.52. The van der Waals surface area contributed by atoms with Gasteiger partial charge in [-0.05, 0) is 62.0 Å². The minimum absolute atomic E-state index is 0.276. The second-order valence-corrected chi connectivity index (χ2v) is 7.13. The van der Waals surface area contributed by atoms with Crippen LogP contribution in [0.4, 0.5) is 0 Å². The summed E-state index contributed by atoms with van der Waals surface area (Å²) in [6, 6.07) is 6.59. The van der Waals surface area contributed by atoms with E-state index in [1.54, 1.807) is 7.11 Å². The van der Waals surface area contributed by atoms with E-state index in [1.807, 2.05) is 6.07 Å². The standard InChI is InChI=1S/C18H25NO2/c1-19-10-9-18-8-4-3-5-14(18)16(19)17(20)13-7-6-12(21-2)11-15(13)18/h6-7,11,14,16-17,20H,3-5,8-10H2,1-2H3/t14-,16-,17?,18+/m1/s1. The lowest BCUT2D eigenvalue weighted by Crippen LogP contribution is -2.61. The van der Waals surface area contributed by atoms with Crippen LogP contribution in [0.2, 0.25) is 0 Å². The molecule has 1 aromatic rings. The van der Waals surface area contributed by atoms with E-state index >= 15 is 0 Å². The van der Waals surface area contributed by atoms with E-state index in [4.69, 9.17) is 4.74 Å². The van der Waals surface area contributed by atoms with Crippen molar-refractivity contribution in [1.82, 2.24) is 4.90 Å². The number of rotatable bonds is 1. The van der Waals surface area contributed by atoms with E-state index < -0.39 is 0 Å². The van der Waals surface area contributed by atoms with Crippen LogP contribution in [0, 0.1) is 5.92 Å². The Morgan fingerprint density at radius 3 is 2.95 bits per heavy atom. The van der Waals surface area contributed by atoms with Gasteiger partial charge in [-0.15, -0.1) is 0 Å². The van der Waals surface area contributed by atoms with Gasteiger partial charge in [0, 0.05) is 11.5 Å². The summed E-state index contributed by atoms with van der Waals surface area (Å²) < 4.78 is 5.46. The van der Waals surface area contributed by atoms with Crippen LogP contribution in [0.1, 0.15) is 49.3 Å². The summed E-state index contributed by atoms with van der Waals surface area (Å²) in [5.41, 5.74) is 2.80. The molecule has 1 aliphatic heterocycles. The van der Waals surface area contributed by atoms with Crippen LogP contribution in [-0.2, 0) is 5.41 Å². The van der Waals surface area contributed by atoms with Gasteiger partial charge in [0.25, 0.3) is 0 Å². The fourth-order valence-electron chi connectivity index (χ4n) is 5.37. The zero-order valence-corrected chi connectivity index (χ0v) is 13.0. The number of nitrogens with zero attached hydrogens (tertiary/aromatic N) is 1. The summed E-state index contributed by atoms with van der Waals surface area (Å²) in [5.74, 6) is 1.52. The molecule has 114 valence electrons. The highest BCUT2D eigenvalue weighted by atomic mass is 16.5. The number of hydrogen-bond acceptors (Lipinski definition) is 3. The molecule has 1 unspecified atom stereocenters. The van der Waals surface area contributed by atoms with E-state index in [9.17, 15) is 5.11 Å². The number of methoxy groups -OCH3 is 1. The maximum absolute atomic E-state index is 11.0. The molecule has 1 aromatic carbocycles. The first-order valence-electron chi connectivity index (χ1n) is 8.24. The van der Waals surface area contributed by atoms with Gasteiger partial charge in [-0.3, -0.25) is 0 Å². The molecule has 1 N–H and O–H groups in total. The van der Waals surface area contributed by atoms with Crippen molar-refractivity contribution >= 4 is 0 Å². The maximum atomic E-state index is 11.0. The van der Waals surface area contributed by atoms with Crippen molar-refractivity contribution in [2.24, 2.45) is 5.92 Å². The predicted molar refractivity (Wildman–Crippen MR) is 82.6 cm³/mol. The quantitative estimate of drug-likeness (QED) is 0.862. The third-order valence-corrected chi connectivity index (χ3v) is 6.37. The van der Waals surface area contributed by atoms with Crippen molar-refractivity contribution in [2.75, 3.05) is 20.7 Å². The Bertz CT molecular complexity index is 558. The highest BCUT2D eigenvalue weighted by molar-refractivity contribution is 5.47. The summed E-state index contributed by atoms with van der Waals surface area (Å²) in [7, 11) is 3.91. The average molecular weight is 287 g/mol. The molecule has 0 radical (unpaired) electrons. The summed E-state index contributed by atoms with van der Waals surface area (Å²) >= 11 is 0. The highest BCUT2D eigenvalue weighted by Crippen LogP contribution is 2.58. The molecule has 0 spiro atoms. The molecule has 3 aliphatic rings. The summed E-state index contributed by atoms with van der Waals surface area (Å²) in [6.45, 7) is 1.09. The van der Waals surface area contributed by atoms with Gasteiger partial charge in [-0.1, -0.05) is 18.9 Å². The molecule has 2 fully saturated rings. The first-order valence-corrected chi connectivity index (χ1v) is 8.24. The first-order chi connectivity index (χ1) is 10.2. The van der Waals surface area contributed by atoms with Gasteiger partial charge in [0.05, 0.1) is 13.2 Å². The summed E-state index contributed by atoms with van der Waals surface area (Å²) in [5, 5.41) is 11.0. The van der Waals surface area contributed by atoms with Crippen LogP contribution >= 0.6 is 0 Å². The van der Waals surface area contributed by atoms with Crippen LogP contribution in [0.5, 0.6) is 5.75 Å². The number of fused-ring (bicyclic) bond motifs is 1. The highest BCUT2D eigenvalue weighted by Gasteiger charge is 2.56. The number of piperidine rings is 1. The van der Waals surface area contributed by atoms with Gasteiger partial charge in [0.1, 0.15) is 5.75 Å². The van der Waals surface area contributed by atoms with Crippen LogP contribution in [0.25, 0.3) is 0 Å². The number of aliphatic hydroxyl groups is 1. The molecule has 1 saturated carbocycles. The largest absolute Gasteiger partial charge is 0.497 e. The Labute approximate surface area is 126 Å². The molecule has 3 heteroatoms. The molecular weight excluding hydrogens is 262 g/mol. The second kappa shape index (κ2) is 4.72. The molecule has 3 nitrogen and oxygen atoms in total. The third-order valence-electron chi connectivity index (χ3n) is 6.37. The van der Waals surface area contributed by atoms with Crippen LogP contribution in [0.3, 0.4) is 0 Å². The monoisotopic (exact) mass is 287 g/mol. The predicted octanol–water partition coefficient (Wildman–Crippen LogP) is 2.87. The van der Waals surface area contributed by atoms with E-state index in [0.29, 0.717) is 12.0 Å². The Morgan fingerprint density at radius 2 is 2.14 bits per heavy atom. The van der Waals surface area contributed by atoms with E-state index in [0.717, 1.165) is 17.9 Å². The van der Waals surface area contributed by atoms with Crippen molar-refractivity contribution in [3.8, 4) is 5.75 Å². The molecular formula is C18H25NO2. The van der Waals surface area contributed by atoms with Gasteiger partial charge in [-0.2, -0.15) is 0 Å². The first kappa shape index (κ1) is 13.6. The van der Waals surface area contributed by atoms with E-state index in [1.165, 1.54) is 37.7 Å². The molecule has 1 saturated heterocycles. The van der Waals surface area contributed by atoms with Gasteiger partial charge < -0.3 is 14.7 Å². The summed E-state index contributed by atoms with van der Waals surface area (Å²) in [6.07, 6.45) is 6.02. The van der Waals surface area contributed by atoms with Crippen molar-refractivity contribution in [2.45, 2.75) is 49.7 Å². The Balaban J connectivity index is 1.92. The van der Waals surface area contributed by atoms with Gasteiger partial charge in [0.2, 0.25) is 0 Å². The molecule has 4 atom stereocenters. The zero-order valence-electron chi connectivity index (χ0n) is 13.0. The third kappa shape index (κ3) is 1.74. The summed E-state index contributed by atoms with van der Waals surface area (Å²) in [4.78, 5) is 2.39. The molecule has 4 rings (SSSR count). The number of likely N-dealkylation sites (tertiary alicyclic amines) is 1. The molecule has 0 amide bonds. The minimum atomic E-state index is -0.354. The fraction of sp³-hybridized carbons (Fsp3) is 0.667. The van der Waals surface area contributed by atoms with Gasteiger partial charge in [-0.25, -0.2) is 0 Å². The lowest BCUT2D eigenvalue weighted by Gasteiger charge is -2.59. The lowest BCUT2D eigenvalue weighted by molar-refractivity contribution is -0.0680. The van der Waals surface area contributed by atoms with Crippen molar-refractivity contribution in [1.29, 1.82) is 0 Å². The Hall–Kier alpha value is -1.06. The normalized spacial score (nSPS) is 38.5. The average Bonchev–Trinajstić information content (AvgIpc) is 2.53. The van der Waals surface area contributed by atoms with E-state index in [-0.39, 0.29) is 11.5 Å². The number of aliphatic hydroxyl groups excluding tert-OH is 1. The molecule has 21 heavy (non-hydrogen) atoms. The Kier molecular flexibility index (Phi) is 3.05. The number of benzene rings is 1. The molecule has 0 aromatic heterocycles. The van der Waals surface area contributed by atoms with Crippen molar-refractivity contribution < 1.29 is 9.84 Å². The van der Waals surface area contributed by atoms with E-state index in [2.05, 4.69) is 24.1 Å². The zero-order chi connectivity index (χ0) is 14.6. The topological polar surface area (TPSA) is 32.7 Å². The van der Waals surface area contributed by atoms with Crippen LogP contribution in [-0.4, -0.2) is 36.8 Å². The molecule has 2 aliphatic carbocycles. The number of hydrogen-bond donors (Lipinski definition) is 1. The fourth-order valence-corrected chi connectivity index (χ4v) is 5.37. The minimum Gasteiger partial charge on any atom is -0.497 e. The number of ether oxygens (including phenoxy) is 1. The van der Waals surface area contributed by atoms with Crippen LogP contribution in [0.15, 0.2) is 18.2 Å². The van der Waals surface area contributed by atoms with Crippen molar-refractivity contribution in [3.63, 3.8) is 0 Å². The Morgan fingerprint density at radius 1 is 1.29 bits per heavy atom. The molecule has 2 bridgehead atoms. The van der Waals surface area contributed by atoms with Gasteiger partial charge in [0.15, 0.2) is 0 Å². The SMILES string of the molecule is COc1ccc2c(c1)[C@]13CCCC[C@@H]1[C@H](C2O)N(C)CC3. The second-order valence-electron chi connectivity index (χ2n) is 7.13.